The number of benzene rings is 1. The van der Waals surface area contributed by atoms with Crippen molar-refractivity contribution in [1.29, 1.82) is 0 Å². The SMILES string of the molecule is CO[C@H](C)C1C(=O)N(Cc2ccc3c(N)ccnc3c2)CCN1CC=Cc1ccc(Cl)s1. The number of anilines is 1. The summed E-state index contributed by atoms with van der Waals surface area (Å²) in [6, 6.07) is 11.3. The van der Waals surface area contributed by atoms with Crippen molar-refractivity contribution in [3.63, 3.8) is 0 Å². The molecule has 0 radical (unpaired) electrons. The van der Waals surface area contributed by atoms with Crippen LogP contribution in [-0.2, 0) is 16.1 Å². The Bertz CT molecular complexity index is 1130. The van der Waals surface area contributed by atoms with E-state index in [1.165, 1.54) is 11.3 Å². The molecule has 32 heavy (non-hydrogen) atoms. The monoisotopic (exact) mass is 470 g/mol. The van der Waals surface area contributed by atoms with Gasteiger partial charge in [-0.05, 0) is 42.8 Å². The second kappa shape index (κ2) is 10.0. The van der Waals surface area contributed by atoms with Crippen molar-refractivity contribution >= 4 is 51.5 Å². The van der Waals surface area contributed by atoms with Crippen LogP contribution in [0, 0.1) is 0 Å². The Labute approximate surface area is 197 Å². The van der Waals surface area contributed by atoms with Crippen LogP contribution in [0.25, 0.3) is 17.0 Å². The molecule has 0 bridgehead atoms. The molecule has 8 heteroatoms. The van der Waals surface area contributed by atoms with Crippen molar-refractivity contribution < 1.29 is 9.53 Å². The van der Waals surface area contributed by atoms with Crippen molar-refractivity contribution in [3.05, 3.63) is 63.4 Å². The first kappa shape index (κ1) is 22.7. The maximum absolute atomic E-state index is 13.4. The second-order valence-electron chi connectivity index (χ2n) is 7.94. The number of halogens is 1. The number of amides is 1. The number of methoxy groups -OCH3 is 1. The fraction of sp³-hybridized carbons (Fsp3) is 0.333. The average Bonchev–Trinajstić information content (AvgIpc) is 3.20. The van der Waals surface area contributed by atoms with Crippen LogP contribution in [0.5, 0.6) is 0 Å². The van der Waals surface area contributed by atoms with Crippen LogP contribution in [-0.4, -0.2) is 59.6 Å². The molecule has 1 aromatic carbocycles. The molecular weight excluding hydrogens is 444 g/mol. The van der Waals surface area contributed by atoms with Gasteiger partial charge >= 0.3 is 0 Å². The van der Waals surface area contributed by atoms with Gasteiger partial charge in [-0.3, -0.25) is 14.7 Å². The predicted octanol–water partition coefficient (Wildman–Crippen LogP) is 4.29. The van der Waals surface area contributed by atoms with Crippen LogP contribution in [0.15, 0.2) is 48.7 Å². The number of nitrogens with two attached hydrogens (primary N) is 1. The van der Waals surface area contributed by atoms with Crippen LogP contribution in [0.1, 0.15) is 17.4 Å². The van der Waals surface area contributed by atoms with Gasteiger partial charge in [-0.25, -0.2) is 0 Å². The number of hydrogen-bond acceptors (Lipinski definition) is 6. The summed E-state index contributed by atoms with van der Waals surface area (Å²) in [4.78, 5) is 23.0. The zero-order valence-corrected chi connectivity index (χ0v) is 19.8. The number of thiophene rings is 1. The normalized spacial score (nSPS) is 18.7. The molecule has 2 atom stereocenters. The van der Waals surface area contributed by atoms with Gasteiger partial charge in [0, 0.05) is 55.4 Å². The molecule has 0 spiro atoms. The number of ether oxygens (including phenoxy) is 1. The molecule has 1 fully saturated rings. The highest BCUT2D eigenvalue weighted by atomic mass is 35.5. The van der Waals surface area contributed by atoms with Gasteiger partial charge in [-0.1, -0.05) is 29.8 Å². The van der Waals surface area contributed by atoms with Crippen molar-refractivity contribution in [1.82, 2.24) is 14.8 Å². The molecule has 1 aliphatic rings. The van der Waals surface area contributed by atoms with E-state index in [2.05, 4.69) is 22.0 Å². The number of fused-ring (bicyclic) bond motifs is 1. The third-order valence-electron chi connectivity index (χ3n) is 5.86. The molecule has 2 N–H and O–H groups in total. The highest BCUT2D eigenvalue weighted by Crippen LogP contribution is 2.24. The van der Waals surface area contributed by atoms with Crippen molar-refractivity contribution in [2.45, 2.75) is 25.6 Å². The zero-order chi connectivity index (χ0) is 22.7. The van der Waals surface area contributed by atoms with E-state index in [4.69, 9.17) is 22.1 Å². The number of rotatable bonds is 7. The second-order valence-corrected chi connectivity index (χ2v) is 9.68. The molecule has 3 aromatic rings. The Morgan fingerprint density at radius 3 is 2.91 bits per heavy atom. The molecule has 6 nitrogen and oxygen atoms in total. The predicted molar refractivity (Wildman–Crippen MR) is 132 cm³/mol. The van der Waals surface area contributed by atoms with E-state index in [9.17, 15) is 4.79 Å². The van der Waals surface area contributed by atoms with Gasteiger partial charge in [0.05, 0.1) is 16.0 Å². The van der Waals surface area contributed by atoms with Gasteiger partial charge in [0.25, 0.3) is 0 Å². The van der Waals surface area contributed by atoms with Gasteiger partial charge in [-0.15, -0.1) is 11.3 Å². The van der Waals surface area contributed by atoms with Crippen LogP contribution >= 0.6 is 22.9 Å². The molecule has 3 heterocycles. The number of hydrogen-bond donors (Lipinski definition) is 1. The summed E-state index contributed by atoms with van der Waals surface area (Å²) in [5, 5.41) is 0.928. The molecule has 1 saturated heterocycles. The van der Waals surface area contributed by atoms with Gasteiger partial charge in [-0.2, -0.15) is 0 Å². The minimum absolute atomic E-state index is 0.0822. The number of pyridine rings is 1. The van der Waals surface area contributed by atoms with E-state index in [-0.39, 0.29) is 18.1 Å². The van der Waals surface area contributed by atoms with E-state index in [1.807, 2.05) is 42.2 Å². The highest BCUT2D eigenvalue weighted by molar-refractivity contribution is 7.16. The number of carbonyl (C=O) groups is 1. The number of nitrogens with zero attached hydrogens (tertiary/aromatic N) is 3. The van der Waals surface area contributed by atoms with Crippen molar-refractivity contribution in [3.8, 4) is 0 Å². The first-order valence-corrected chi connectivity index (χ1v) is 11.8. The van der Waals surface area contributed by atoms with Crippen LogP contribution in [0.3, 0.4) is 0 Å². The molecule has 4 rings (SSSR count). The topological polar surface area (TPSA) is 71.7 Å². The lowest BCUT2D eigenvalue weighted by atomic mass is 10.0. The maximum atomic E-state index is 13.4. The lowest BCUT2D eigenvalue weighted by molar-refractivity contribution is -0.148. The summed E-state index contributed by atoms with van der Waals surface area (Å²) < 4.78 is 6.34. The lowest BCUT2D eigenvalue weighted by Gasteiger charge is -2.42. The summed E-state index contributed by atoms with van der Waals surface area (Å²) in [7, 11) is 1.65. The number of piperazine rings is 1. The summed E-state index contributed by atoms with van der Waals surface area (Å²) in [6.07, 6.45) is 5.63. The molecule has 0 saturated carbocycles. The first-order chi connectivity index (χ1) is 15.5. The van der Waals surface area contributed by atoms with E-state index in [0.717, 1.165) is 32.2 Å². The van der Waals surface area contributed by atoms with Crippen LogP contribution in [0.4, 0.5) is 5.69 Å². The van der Waals surface area contributed by atoms with Gasteiger partial charge < -0.3 is 15.4 Å². The number of aromatic nitrogens is 1. The summed E-state index contributed by atoms with van der Waals surface area (Å²) >= 11 is 7.55. The Kier molecular flexibility index (Phi) is 7.10. The number of nitrogen functional groups attached to an aromatic ring is 1. The van der Waals surface area contributed by atoms with Crippen LogP contribution < -0.4 is 5.73 Å². The molecule has 2 aromatic heterocycles. The van der Waals surface area contributed by atoms with Gasteiger partial charge in [0.15, 0.2) is 0 Å². The molecular formula is C24H27ClN4O2S. The maximum Gasteiger partial charge on any atom is 0.242 e. The average molecular weight is 471 g/mol. The highest BCUT2D eigenvalue weighted by Gasteiger charge is 2.38. The molecule has 1 aliphatic heterocycles. The first-order valence-electron chi connectivity index (χ1n) is 10.6. The minimum atomic E-state index is -0.334. The largest absolute Gasteiger partial charge is 0.398 e. The van der Waals surface area contributed by atoms with E-state index < -0.39 is 0 Å². The Morgan fingerprint density at radius 2 is 2.16 bits per heavy atom. The summed E-state index contributed by atoms with van der Waals surface area (Å²) in [5.41, 5.74) is 8.62. The van der Waals surface area contributed by atoms with Crippen molar-refractivity contribution in [2.75, 3.05) is 32.5 Å². The van der Waals surface area contributed by atoms with Crippen LogP contribution in [0.2, 0.25) is 4.34 Å². The van der Waals surface area contributed by atoms with E-state index in [0.29, 0.717) is 25.3 Å². The molecule has 1 unspecified atom stereocenters. The summed E-state index contributed by atoms with van der Waals surface area (Å²) in [6.45, 7) is 4.60. The third kappa shape index (κ3) is 4.96. The van der Waals surface area contributed by atoms with Gasteiger partial charge in [0.1, 0.15) is 6.04 Å². The smallest absolute Gasteiger partial charge is 0.242 e. The zero-order valence-electron chi connectivity index (χ0n) is 18.2. The minimum Gasteiger partial charge on any atom is -0.398 e. The fourth-order valence-electron chi connectivity index (χ4n) is 4.09. The van der Waals surface area contributed by atoms with E-state index >= 15 is 0 Å². The van der Waals surface area contributed by atoms with Gasteiger partial charge in [0.2, 0.25) is 5.91 Å². The quantitative estimate of drug-likeness (QED) is 0.557. The molecule has 0 aliphatic carbocycles. The Balaban J connectivity index is 1.47. The van der Waals surface area contributed by atoms with E-state index in [1.54, 1.807) is 19.4 Å². The number of carbonyl (C=O) groups excluding carboxylic acids is 1. The van der Waals surface area contributed by atoms with Crippen molar-refractivity contribution in [2.24, 2.45) is 0 Å². The lowest BCUT2D eigenvalue weighted by Crippen LogP contribution is -2.60. The Hall–Kier alpha value is -2.45. The fourth-order valence-corrected chi connectivity index (χ4v) is 5.08. The standard InChI is InChI=1S/C24H27ClN4O2S/c1-16(31-2)23-24(30)29(13-12-28(23)11-3-4-18-6-8-22(25)32-18)15-17-5-7-19-20(26)9-10-27-21(19)14-17/h3-10,14,16,23H,11-13,15H2,1-2H3,(H2,26,27)/t16-,23?/m1/s1. The molecule has 168 valence electrons. The summed E-state index contributed by atoms with van der Waals surface area (Å²) in [5.74, 6) is 0.0822. The molecule has 1 amide bonds. The third-order valence-corrected chi connectivity index (χ3v) is 7.06. The Morgan fingerprint density at radius 1 is 1.31 bits per heavy atom.